The Hall–Kier alpha value is -1.50. The first-order valence-corrected chi connectivity index (χ1v) is 5.76. The van der Waals surface area contributed by atoms with Crippen molar-refractivity contribution in [2.24, 2.45) is 12.5 Å². The standard InChI is InChI=1S/C12H18N4/c1-4-12(2)5-10(6-12)15-11-9(7-13)8-14-16(11)3/h8,10,15H,4-6H2,1-3H3. The molecule has 0 amide bonds. The summed E-state index contributed by atoms with van der Waals surface area (Å²) in [5.74, 6) is 0.852. The van der Waals surface area contributed by atoms with Crippen LogP contribution in [-0.2, 0) is 7.05 Å². The Morgan fingerprint density at radius 3 is 2.94 bits per heavy atom. The minimum absolute atomic E-state index is 0.489. The maximum Gasteiger partial charge on any atom is 0.142 e. The van der Waals surface area contributed by atoms with Crippen LogP contribution in [0.4, 0.5) is 5.82 Å². The summed E-state index contributed by atoms with van der Waals surface area (Å²) in [6.45, 7) is 4.56. The third-order valence-corrected chi connectivity index (χ3v) is 3.73. The number of anilines is 1. The second kappa shape index (κ2) is 3.82. The Balaban J connectivity index is 2.02. The van der Waals surface area contributed by atoms with Crippen LogP contribution in [0, 0.1) is 16.7 Å². The van der Waals surface area contributed by atoms with Crippen LogP contribution in [0.1, 0.15) is 38.7 Å². The largest absolute Gasteiger partial charge is 0.366 e. The van der Waals surface area contributed by atoms with E-state index in [0.717, 1.165) is 5.82 Å². The average Bonchev–Trinajstić information content (AvgIpc) is 2.57. The Bertz CT molecular complexity index is 421. The molecule has 0 spiro atoms. The summed E-state index contributed by atoms with van der Waals surface area (Å²) >= 11 is 0. The minimum Gasteiger partial charge on any atom is -0.366 e. The number of aromatic nitrogens is 2. The van der Waals surface area contributed by atoms with Crippen molar-refractivity contribution in [1.29, 1.82) is 5.26 Å². The molecule has 2 rings (SSSR count). The van der Waals surface area contributed by atoms with E-state index < -0.39 is 0 Å². The first kappa shape index (κ1) is 11.0. The van der Waals surface area contributed by atoms with E-state index in [1.165, 1.54) is 19.3 Å². The van der Waals surface area contributed by atoms with Gasteiger partial charge in [0, 0.05) is 13.1 Å². The fourth-order valence-corrected chi connectivity index (χ4v) is 2.40. The Morgan fingerprint density at radius 1 is 1.69 bits per heavy atom. The van der Waals surface area contributed by atoms with E-state index in [1.807, 2.05) is 7.05 Å². The van der Waals surface area contributed by atoms with Crippen molar-refractivity contribution < 1.29 is 0 Å². The molecule has 0 bridgehead atoms. The van der Waals surface area contributed by atoms with E-state index in [-0.39, 0.29) is 0 Å². The van der Waals surface area contributed by atoms with E-state index in [9.17, 15) is 0 Å². The average molecular weight is 218 g/mol. The highest BCUT2D eigenvalue weighted by molar-refractivity contribution is 5.52. The van der Waals surface area contributed by atoms with Gasteiger partial charge in [-0.3, -0.25) is 4.68 Å². The number of nitrogens with zero attached hydrogens (tertiary/aromatic N) is 3. The Labute approximate surface area is 96.3 Å². The lowest BCUT2D eigenvalue weighted by molar-refractivity contribution is 0.134. The highest BCUT2D eigenvalue weighted by atomic mass is 15.3. The minimum atomic E-state index is 0.489. The van der Waals surface area contributed by atoms with Crippen molar-refractivity contribution >= 4 is 5.82 Å². The van der Waals surface area contributed by atoms with Crippen LogP contribution in [-0.4, -0.2) is 15.8 Å². The Kier molecular flexibility index (Phi) is 2.63. The van der Waals surface area contributed by atoms with Crippen LogP contribution in [0.2, 0.25) is 0 Å². The third kappa shape index (κ3) is 1.78. The van der Waals surface area contributed by atoms with Crippen molar-refractivity contribution in [3.8, 4) is 6.07 Å². The van der Waals surface area contributed by atoms with E-state index in [1.54, 1.807) is 10.9 Å². The summed E-state index contributed by atoms with van der Waals surface area (Å²) in [6.07, 6.45) is 5.20. The van der Waals surface area contributed by atoms with Gasteiger partial charge in [-0.25, -0.2) is 0 Å². The molecule has 0 radical (unpaired) electrons. The van der Waals surface area contributed by atoms with Crippen LogP contribution < -0.4 is 5.32 Å². The summed E-state index contributed by atoms with van der Waals surface area (Å²) in [7, 11) is 1.86. The maximum atomic E-state index is 8.94. The van der Waals surface area contributed by atoms with Crippen molar-refractivity contribution in [1.82, 2.24) is 9.78 Å². The van der Waals surface area contributed by atoms with Crippen molar-refractivity contribution in [2.45, 2.75) is 39.2 Å². The molecule has 0 aromatic carbocycles. The van der Waals surface area contributed by atoms with Crippen molar-refractivity contribution in [3.63, 3.8) is 0 Å². The highest BCUT2D eigenvalue weighted by Crippen LogP contribution is 2.44. The molecule has 86 valence electrons. The van der Waals surface area contributed by atoms with Crippen LogP contribution in [0.3, 0.4) is 0 Å². The van der Waals surface area contributed by atoms with Gasteiger partial charge in [0.25, 0.3) is 0 Å². The lowest BCUT2D eigenvalue weighted by Crippen LogP contribution is -2.43. The number of rotatable bonds is 3. The highest BCUT2D eigenvalue weighted by Gasteiger charge is 2.39. The molecular formula is C12H18N4. The second-order valence-corrected chi connectivity index (χ2v) is 5.06. The van der Waals surface area contributed by atoms with Gasteiger partial charge in [-0.1, -0.05) is 20.3 Å². The van der Waals surface area contributed by atoms with E-state index in [0.29, 0.717) is 17.0 Å². The molecule has 0 atom stereocenters. The second-order valence-electron chi connectivity index (χ2n) is 5.06. The van der Waals surface area contributed by atoms with Gasteiger partial charge < -0.3 is 5.32 Å². The van der Waals surface area contributed by atoms with Gasteiger partial charge in [0.2, 0.25) is 0 Å². The van der Waals surface area contributed by atoms with Crippen molar-refractivity contribution in [3.05, 3.63) is 11.8 Å². The molecule has 0 aliphatic heterocycles. The smallest absolute Gasteiger partial charge is 0.142 e. The number of nitrogens with one attached hydrogen (secondary N) is 1. The fraction of sp³-hybridized carbons (Fsp3) is 0.667. The molecule has 4 nitrogen and oxygen atoms in total. The lowest BCUT2D eigenvalue weighted by atomic mass is 9.65. The van der Waals surface area contributed by atoms with Crippen LogP contribution in [0.25, 0.3) is 0 Å². The van der Waals surface area contributed by atoms with Crippen molar-refractivity contribution in [2.75, 3.05) is 5.32 Å². The first-order chi connectivity index (χ1) is 7.58. The first-order valence-electron chi connectivity index (χ1n) is 5.76. The summed E-state index contributed by atoms with van der Waals surface area (Å²) in [5, 5.41) is 16.4. The molecule has 1 aliphatic rings. The Morgan fingerprint density at radius 2 is 2.38 bits per heavy atom. The summed E-state index contributed by atoms with van der Waals surface area (Å²) in [5.41, 5.74) is 1.12. The molecular weight excluding hydrogens is 200 g/mol. The monoisotopic (exact) mass is 218 g/mol. The van der Waals surface area contributed by atoms with Gasteiger partial charge >= 0.3 is 0 Å². The predicted octanol–water partition coefficient (Wildman–Crippen LogP) is 2.28. The van der Waals surface area contributed by atoms with Gasteiger partial charge in [0.1, 0.15) is 17.5 Å². The van der Waals surface area contributed by atoms with Crippen LogP contribution in [0.5, 0.6) is 0 Å². The number of hydrogen-bond acceptors (Lipinski definition) is 3. The molecule has 1 N–H and O–H groups in total. The van der Waals surface area contributed by atoms with Gasteiger partial charge in [-0.2, -0.15) is 10.4 Å². The van der Waals surface area contributed by atoms with E-state index in [4.69, 9.17) is 5.26 Å². The zero-order chi connectivity index (χ0) is 11.8. The molecule has 1 heterocycles. The quantitative estimate of drug-likeness (QED) is 0.846. The van der Waals surface area contributed by atoms with E-state index in [2.05, 4.69) is 30.3 Å². The molecule has 1 aromatic heterocycles. The normalized spacial score (nSPS) is 28.2. The molecule has 4 heteroatoms. The number of hydrogen-bond donors (Lipinski definition) is 1. The molecule has 1 aliphatic carbocycles. The topological polar surface area (TPSA) is 53.6 Å². The maximum absolute atomic E-state index is 8.94. The fourth-order valence-electron chi connectivity index (χ4n) is 2.40. The van der Waals surface area contributed by atoms with Gasteiger partial charge in [-0.15, -0.1) is 0 Å². The summed E-state index contributed by atoms with van der Waals surface area (Å²) in [6, 6.07) is 2.65. The molecule has 1 aromatic rings. The third-order valence-electron chi connectivity index (χ3n) is 3.73. The summed E-state index contributed by atoms with van der Waals surface area (Å²) in [4.78, 5) is 0. The predicted molar refractivity (Wildman–Crippen MR) is 63.0 cm³/mol. The molecule has 1 saturated carbocycles. The zero-order valence-corrected chi connectivity index (χ0v) is 10.1. The molecule has 16 heavy (non-hydrogen) atoms. The van der Waals surface area contributed by atoms with Gasteiger partial charge in [0.15, 0.2) is 0 Å². The van der Waals surface area contributed by atoms with Crippen LogP contribution in [0.15, 0.2) is 6.20 Å². The lowest BCUT2D eigenvalue weighted by Gasteiger charge is -2.45. The van der Waals surface area contributed by atoms with E-state index >= 15 is 0 Å². The van der Waals surface area contributed by atoms with Gasteiger partial charge in [0.05, 0.1) is 6.20 Å². The molecule has 0 unspecified atom stereocenters. The van der Waals surface area contributed by atoms with Crippen LogP contribution >= 0.6 is 0 Å². The molecule has 1 fully saturated rings. The number of nitriles is 1. The number of aryl methyl sites for hydroxylation is 1. The SMILES string of the molecule is CCC1(C)CC(Nc2c(C#N)cnn2C)C1. The van der Waals surface area contributed by atoms with Gasteiger partial charge in [-0.05, 0) is 18.3 Å². The summed E-state index contributed by atoms with van der Waals surface area (Å²) < 4.78 is 1.74. The molecule has 0 saturated heterocycles. The zero-order valence-electron chi connectivity index (χ0n) is 10.1.